The molecule has 0 N–H and O–H groups in total. The summed E-state index contributed by atoms with van der Waals surface area (Å²) in [5, 5.41) is -0.119. The van der Waals surface area contributed by atoms with E-state index in [1.807, 2.05) is 0 Å². The second kappa shape index (κ2) is 4.15. The van der Waals surface area contributed by atoms with Gasteiger partial charge in [0.1, 0.15) is 5.82 Å². The first-order valence-electron chi connectivity index (χ1n) is 3.71. The second-order valence-electron chi connectivity index (χ2n) is 2.65. The number of halogens is 3. The molecule has 0 aliphatic rings. The van der Waals surface area contributed by atoms with Crippen molar-refractivity contribution in [3.8, 4) is 0 Å². The Morgan fingerprint density at radius 1 is 1.50 bits per heavy atom. The van der Waals surface area contributed by atoms with Crippen molar-refractivity contribution in [1.82, 2.24) is 0 Å². The van der Waals surface area contributed by atoms with E-state index in [2.05, 4.69) is 4.74 Å². The van der Waals surface area contributed by atoms with Gasteiger partial charge in [0, 0.05) is 10.6 Å². The molecule has 0 aliphatic heterocycles. The fourth-order valence-electron chi connectivity index (χ4n) is 0.945. The van der Waals surface area contributed by atoms with Gasteiger partial charge in [-0.05, 0) is 13.0 Å². The van der Waals surface area contributed by atoms with Gasteiger partial charge in [0.25, 0.3) is 0 Å². The summed E-state index contributed by atoms with van der Waals surface area (Å²) in [5.41, 5.74) is 0.145. The van der Waals surface area contributed by atoms with Crippen LogP contribution in [0.15, 0.2) is 6.07 Å². The Balaban J connectivity index is 3.40. The summed E-state index contributed by atoms with van der Waals surface area (Å²) in [7, 11) is 1.18. The van der Waals surface area contributed by atoms with Crippen molar-refractivity contribution in [2.45, 2.75) is 6.92 Å². The monoisotopic (exact) mass is 236 g/mol. The van der Waals surface area contributed by atoms with Crippen LogP contribution in [0, 0.1) is 12.7 Å². The molecule has 1 rings (SSSR count). The molecule has 2 nitrogen and oxygen atoms in total. The number of hydrogen-bond acceptors (Lipinski definition) is 2. The summed E-state index contributed by atoms with van der Waals surface area (Å²) in [4.78, 5) is 11.1. The lowest BCUT2D eigenvalue weighted by Crippen LogP contribution is -2.04. The third-order valence-corrected chi connectivity index (χ3v) is 2.56. The van der Waals surface area contributed by atoms with Crippen LogP contribution in [0.2, 0.25) is 10.0 Å². The average Bonchev–Trinajstić information content (AvgIpc) is 2.19. The standard InChI is InChI=1S/C9H7Cl2FO2/c1-4-6(10)3-5(9(13)14-2)7(11)8(4)12/h3H,1-2H3. The van der Waals surface area contributed by atoms with E-state index in [1.165, 1.54) is 20.1 Å². The maximum absolute atomic E-state index is 13.3. The van der Waals surface area contributed by atoms with Gasteiger partial charge in [0.05, 0.1) is 17.7 Å². The second-order valence-corrected chi connectivity index (χ2v) is 3.44. The van der Waals surface area contributed by atoms with Crippen molar-refractivity contribution in [3.63, 3.8) is 0 Å². The molecule has 0 spiro atoms. The smallest absolute Gasteiger partial charge is 0.339 e. The number of carbonyl (C=O) groups is 1. The molecule has 0 heterocycles. The topological polar surface area (TPSA) is 26.3 Å². The number of ether oxygens (including phenoxy) is 1. The number of esters is 1. The van der Waals surface area contributed by atoms with Crippen LogP contribution in [-0.2, 0) is 4.74 Å². The van der Waals surface area contributed by atoms with Gasteiger partial charge in [-0.2, -0.15) is 0 Å². The Bertz CT molecular complexity index is 391. The third kappa shape index (κ3) is 1.83. The number of hydrogen-bond donors (Lipinski definition) is 0. The first-order valence-corrected chi connectivity index (χ1v) is 4.47. The van der Waals surface area contributed by atoms with Gasteiger partial charge in [-0.3, -0.25) is 0 Å². The van der Waals surface area contributed by atoms with Gasteiger partial charge in [-0.15, -0.1) is 0 Å². The molecule has 0 saturated carbocycles. The van der Waals surface area contributed by atoms with E-state index < -0.39 is 11.8 Å². The summed E-state index contributed by atoms with van der Waals surface area (Å²) in [5.74, 6) is -1.41. The Labute approximate surface area is 90.6 Å². The number of carbonyl (C=O) groups excluding carboxylic acids is 1. The maximum Gasteiger partial charge on any atom is 0.339 e. The molecular weight excluding hydrogens is 230 g/mol. The van der Waals surface area contributed by atoms with Crippen LogP contribution in [-0.4, -0.2) is 13.1 Å². The van der Waals surface area contributed by atoms with Crippen LogP contribution < -0.4 is 0 Å². The van der Waals surface area contributed by atoms with Crippen molar-refractivity contribution in [3.05, 3.63) is 33.1 Å². The van der Waals surface area contributed by atoms with Crippen molar-refractivity contribution in [2.24, 2.45) is 0 Å². The molecule has 76 valence electrons. The molecular formula is C9H7Cl2FO2. The number of rotatable bonds is 1. The Morgan fingerprint density at radius 2 is 2.07 bits per heavy atom. The van der Waals surface area contributed by atoms with Crippen molar-refractivity contribution in [2.75, 3.05) is 7.11 Å². The van der Waals surface area contributed by atoms with Gasteiger partial charge in [-0.25, -0.2) is 9.18 Å². The molecule has 0 aliphatic carbocycles. The highest BCUT2D eigenvalue weighted by atomic mass is 35.5. The quantitative estimate of drug-likeness (QED) is 0.553. The zero-order chi connectivity index (χ0) is 10.9. The predicted octanol–water partition coefficient (Wildman–Crippen LogP) is 3.23. The van der Waals surface area contributed by atoms with Crippen LogP contribution in [0.1, 0.15) is 15.9 Å². The van der Waals surface area contributed by atoms with Crippen LogP contribution in [0.5, 0.6) is 0 Å². The Hall–Kier alpha value is -0.800. The zero-order valence-corrected chi connectivity index (χ0v) is 9.04. The van der Waals surface area contributed by atoms with E-state index in [0.29, 0.717) is 0 Å². The molecule has 1 aromatic rings. The van der Waals surface area contributed by atoms with Crippen LogP contribution >= 0.6 is 23.2 Å². The largest absolute Gasteiger partial charge is 0.465 e. The van der Waals surface area contributed by atoms with Crippen molar-refractivity contribution >= 4 is 29.2 Å². The molecule has 0 unspecified atom stereocenters. The van der Waals surface area contributed by atoms with E-state index in [4.69, 9.17) is 23.2 Å². The molecule has 0 bridgehead atoms. The van der Waals surface area contributed by atoms with Crippen molar-refractivity contribution < 1.29 is 13.9 Å². The molecule has 0 atom stereocenters. The van der Waals surface area contributed by atoms with E-state index in [-0.39, 0.29) is 21.2 Å². The first-order chi connectivity index (χ1) is 6.49. The van der Waals surface area contributed by atoms with Gasteiger partial charge in [0.2, 0.25) is 0 Å². The lowest BCUT2D eigenvalue weighted by Gasteiger charge is -2.06. The highest BCUT2D eigenvalue weighted by molar-refractivity contribution is 6.36. The fourth-order valence-corrected chi connectivity index (χ4v) is 1.41. The molecule has 0 fully saturated rings. The third-order valence-electron chi connectivity index (χ3n) is 1.79. The Kier molecular flexibility index (Phi) is 3.34. The molecule has 0 amide bonds. The van der Waals surface area contributed by atoms with E-state index in [0.717, 1.165) is 0 Å². The van der Waals surface area contributed by atoms with E-state index >= 15 is 0 Å². The van der Waals surface area contributed by atoms with Gasteiger partial charge in [-0.1, -0.05) is 23.2 Å². The summed E-state index contributed by atoms with van der Waals surface area (Å²) in [6.45, 7) is 1.48. The molecule has 1 aromatic carbocycles. The van der Waals surface area contributed by atoms with Gasteiger partial charge >= 0.3 is 5.97 Å². The lowest BCUT2D eigenvalue weighted by atomic mass is 10.1. The SMILES string of the molecule is COC(=O)c1cc(Cl)c(C)c(F)c1Cl. The highest BCUT2D eigenvalue weighted by Crippen LogP contribution is 2.29. The Morgan fingerprint density at radius 3 is 2.57 bits per heavy atom. The van der Waals surface area contributed by atoms with E-state index in [1.54, 1.807) is 0 Å². The van der Waals surface area contributed by atoms with Gasteiger partial charge < -0.3 is 4.74 Å². The maximum atomic E-state index is 13.3. The first kappa shape index (κ1) is 11.3. The van der Waals surface area contributed by atoms with Gasteiger partial charge in [0.15, 0.2) is 0 Å². The summed E-state index contributed by atoms with van der Waals surface area (Å²) in [6, 6.07) is 1.29. The average molecular weight is 237 g/mol. The lowest BCUT2D eigenvalue weighted by molar-refractivity contribution is 0.0600. The minimum absolute atomic E-state index is 0.0673. The fraction of sp³-hybridized carbons (Fsp3) is 0.222. The molecule has 5 heteroatoms. The number of methoxy groups -OCH3 is 1. The van der Waals surface area contributed by atoms with Crippen LogP contribution in [0.25, 0.3) is 0 Å². The predicted molar refractivity (Wildman–Crippen MR) is 52.5 cm³/mol. The number of benzene rings is 1. The minimum atomic E-state index is -0.712. The molecule has 0 saturated heterocycles. The van der Waals surface area contributed by atoms with E-state index in [9.17, 15) is 9.18 Å². The summed E-state index contributed by atoms with van der Waals surface area (Å²) >= 11 is 11.3. The van der Waals surface area contributed by atoms with Crippen LogP contribution in [0.4, 0.5) is 4.39 Å². The van der Waals surface area contributed by atoms with Crippen molar-refractivity contribution in [1.29, 1.82) is 0 Å². The summed E-state index contributed by atoms with van der Waals surface area (Å²) in [6.07, 6.45) is 0. The molecule has 0 radical (unpaired) electrons. The zero-order valence-electron chi connectivity index (χ0n) is 7.53. The molecule has 14 heavy (non-hydrogen) atoms. The summed E-state index contributed by atoms with van der Waals surface area (Å²) < 4.78 is 17.7. The van der Waals surface area contributed by atoms with Crippen LogP contribution in [0.3, 0.4) is 0 Å². The highest BCUT2D eigenvalue weighted by Gasteiger charge is 2.18. The normalized spacial score (nSPS) is 10.1. The minimum Gasteiger partial charge on any atom is -0.465 e. The molecule has 0 aromatic heterocycles.